The van der Waals surface area contributed by atoms with Gasteiger partial charge in [-0.2, -0.15) is 0 Å². The van der Waals surface area contributed by atoms with Crippen LogP contribution >= 0.6 is 0 Å². The maximum absolute atomic E-state index is 13.6. The lowest BCUT2D eigenvalue weighted by molar-refractivity contribution is 0.465. The summed E-state index contributed by atoms with van der Waals surface area (Å²) in [5.41, 5.74) is 4.42. The van der Waals surface area contributed by atoms with Gasteiger partial charge < -0.3 is 10.6 Å². The van der Waals surface area contributed by atoms with Crippen LogP contribution in [0.15, 0.2) is 88.8 Å². The first-order valence-electron chi connectivity index (χ1n) is 12.6. The highest BCUT2D eigenvalue weighted by molar-refractivity contribution is 5.63. The van der Waals surface area contributed by atoms with Crippen molar-refractivity contribution in [1.29, 1.82) is 5.41 Å². The Morgan fingerprint density at radius 1 is 1.03 bits per heavy atom. The zero-order valence-electron chi connectivity index (χ0n) is 20.7. The summed E-state index contributed by atoms with van der Waals surface area (Å²) in [5.74, 6) is 0.516. The van der Waals surface area contributed by atoms with Gasteiger partial charge in [-0.3, -0.25) is 24.3 Å². The predicted molar refractivity (Wildman–Crippen MR) is 143 cm³/mol. The molecule has 2 atom stereocenters. The fourth-order valence-corrected chi connectivity index (χ4v) is 5.33. The van der Waals surface area contributed by atoms with Gasteiger partial charge in [0.15, 0.2) is 0 Å². The molecule has 3 heterocycles. The molecule has 1 aliphatic carbocycles. The van der Waals surface area contributed by atoms with E-state index in [1.54, 1.807) is 17.8 Å². The van der Waals surface area contributed by atoms with Crippen molar-refractivity contribution in [3.8, 4) is 11.3 Å². The highest BCUT2D eigenvalue weighted by Crippen LogP contribution is 2.32. The summed E-state index contributed by atoms with van der Waals surface area (Å²) in [5, 5.41) is 16.2. The molecule has 4 aromatic rings. The molecule has 2 aromatic heterocycles. The molecule has 186 valence electrons. The van der Waals surface area contributed by atoms with Crippen molar-refractivity contribution in [3.05, 3.63) is 111 Å². The van der Waals surface area contributed by atoms with Gasteiger partial charge in [-0.05, 0) is 49.1 Å². The van der Waals surface area contributed by atoms with Crippen molar-refractivity contribution in [2.75, 3.05) is 5.32 Å². The van der Waals surface area contributed by atoms with Crippen molar-refractivity contribution in [2.24, 2.45) is 12.0 Å². The summed E-state index contributed by atoms with van der Waals surface area (Å²) in [6, 6.07) is 24.1. The van der Waals surface area contributed by atoms with Crippen molar-refractivity contribution in [2.45, 2.75) is 37.9 Å². The summed E-state index contributed by atoms with van der Waals surface area (Å²) >= 11 is 0. The minimum atomic E-state index is -0.239. The summed E-state index contributed by atoms with van der Waals surface area (Å²) < 4.78 is 3.53. The van der Waals surface area contributed by atoms with Gasteiger partial charge in [-0.1, -0.05) is 48.5 Å². The van der Waals surface area contributed by atoms with Crippen LogP contribution in [0.25, 0.3) is 17.1 Å². The number of benzene rings is 2. The number of anilines is 1. The van der Waals surface area contributed by atoms with Crippen molar-refractivity contribution in [1.82, 2.24) is 19.4 Å². The number of rotatable bonds is 6. The topological polar surface area (TPSA) is 100 Å². The molecule has 1 saturated carbocycles. The first-order valence-corrected chi connectivity index (χ1v) is 12.6. The van der Waals surface area contributed by atoms with E-state index in [9.17, 15) is 4.79 Å². The first kappa shape index (κ1) is 23.0. The van der Waals surface area contributed by atoms with Crippen molar-refractivity contribution >= 4 is 11.5 Å². The zero-order chi connectivity index (χ0) is 25.4. The second kappa shape index (κ2) is 9.54. The second-order valence-electron chi connectivity index (χ2n) is 9.58. The van der Waals surface area contributed by atoms with Gasteiger partial charge in [0.2, 0.25) is 5.62 Å². The second-order valence-corrected chi connectivity index (χ2v) is 9.58. The van der Waals surface area contributed by atoms with Crippen molar-refractivity contribution in [3.63, 3.8) is 0 Å². The summed E-state index contributed by atoms with van der Waals surface area (Å²) in [4.78, 5) is 22.8. The largest absolute Gasteiger partial charge is 0.367 e. The molecule has 0 radical (unpaired) electrons. The zero-order valence-corrected chi connectivity index (χ0v) is 20.7. The molecule has 2 unspecified atom stereocenters. The van der Waals surface area contributed by atoms with Crippen LogP contribution in [-0.4, -0.2) is 20.2 Å². The van der Waals surface area contributed by atoms with Gasteiger partial charge in [0.1, 0.15) is 16.5 Å². The number of fused-ring (bicyclic) bond motifs is 3. The molecule has 37 heavy (non-hydrogen) atoms. The number of aromatic nitrogens is 3. The molecular weight excluding hydrogens is 462 g/mol. The Bertz CT molecular complexity index is 1670. The lowest BCUT2D eigenvalue weighted by Gasteiger charge is -2.17. The standard InChI is InChI=1S/C29H29N7O/c1-35-28(37)25(26(30)36-24-12-7-11-23(24)34-29(35)36)27(33-21-8-3-2-4-9-21)32-18-19-13-15-20(16-14-19)22-10-5-6-17-31-22/h2-6,8-10,13-17,23-24,30,32-33H,7,11-12,18H2,1H3/b27-25-,30-26?. The van der Waals surface area contributed by atoms with Gasteiger partial charge in [-0.25, -0.2) is 4.99 Å². The Hall–Kier alpha value is -4.46. The molecule has 3 N–H and O–H groups in total. The number of pyridine rings is 1. The number of hydrogen-bond donors (Lipinski definition) is 3. The minimum absolute atomic E-state index is 0.144. The third-order valence-corrected chi connectivity index (χ3v) is 7.25. The van der Waals surface area contributed by atoms with Crippen LogP contribution in [0.4, 0.5) is 5.69 Å². The van der Waals surface area contributed by atoms with Crippen LogP contribution in [-0.2, 0) is 13.6 Å². The fourth-order valence-electron chi connectivity index (χ4n) is 5.33. The molecule has 0 saturated heterocycles. The highest BCUT2D eigenvalue weighted by atomic mass is 16.1. The quantitative estimate of drug-likeness (QED) is 0.386. The predicted octanol–water partition coefficient (Wildman–Crippen LogP) is 2.42. The van der Waals surface area contributed by atoms with Gasteiger partial charge in [0.25, 0.3) is 5.56 Å². The summed E-state index contributed by atoms with van der Waals surface area (Å²) in [7, 11) is 1.75. The smallest absolute Gasteiger partial charge is 0.267 e. The minimum Gasteiger partial charge on any atom is -0.367 e. The fraction of sp³-hybridized carbons (Fsp3) is 0.241. The van der Waals surface area contributed by atoms with E-state index in [0.29, 0.717) is 23.2 Å². The average Bonchev–Trinajstić information content (AvgIpc) is 3.54. The summed E-state index contributed by atoms with van der Waals surface area (Å²) in [6.45, 7) is 0.485. The molecule has 8 nitrogen and oxygen atoms in total. The third kappa shape index (κ3) is 4.24. The SMILES string of the molecule is Cn1c(=O)/c(=C(/NCc2ccc(-c3ccccn3)cc2)Nc2ccccc2)c(=N)n2c1=NC1CCCC12. The molecule has 2 aromatic carbocycles. The summed E-state index contributed by atoms with van der Waals surface area (Å²) in [6.07, 6.45) is 4.86. The van der Waals surface area contributed by atoms with E-state index in [1.165, 1.54) is 0 Å². The van der Waals surface area contributed by atoms with Gasteiger partial charge in [-0.15, -0.1) is 0 Å². The van der Waals surface area contributed by atoms with Crippen molar-refractivity contribution < 1.29 is 0 Å². The molecule has 1 fully saturated rings. The van der Waals surface area contributed by atoms with E-state index >= 15 is 0 Å². The molecular formula is C29H29N7O. The Balaban J connectivity index is 1.41. The van der Waals surface area contributed by atoms with E-state index < -0.39 is 0 Å². The number of para-hydroxylation sites is 1. The Labute approximate surface area is 214 Å². The molecule has 8 heteroatoms. The molecule has 2 aliphatic rings. The number of hydrogen-bond acceptors (Lipinski definition) is 6. The van der Waals surface area contributed by atoms with Gasteiger partial charge in [0, 0.05) is 31.0 Å². The van der Waals surface area contributed by atoms with E-state index in [1.807, 2.05) is 65.2 Å². The van der Waals surface area contributed by atoms with Crippen LogP contribution < -0.4 is 32.5 Å². The maximum atomic E-state index is 13.6. The van der Waals surface area contributed by atoms with Crippen LogP contribution in [0, 0.1) is 5.41 Å². The molecule has 0 amide bonds. The van der Waals surface area contributed by atoms with Crippen LogP contribution in [0.2, 0.25) is 0 Å². The average molecular weight is 492 g/mol. The normalized spacial score (nSPS) is 18.5. The van der Waals surface area contributed by atoms with E-state index in [2.05, 4.69) is 27.8 Å². The molecule has 6 rings (SSSR count). The lowest BCUT2D eigenvalue weighted by atomic mass is 10.1. The molecule has 0 bridgehead atoms. The Kier molecular flexibility index (Phi) is 5.92. The third-order valence-electron chi connectivity index (χ3n) is 7.25. The van der Waals surface area contributed by atoms with E-state index in [0.717, 1.165) is 41.8 Å². The number of nitrogens with one attached hydrogen (secondary N) is 3. The Morgan fingerprint density at radius 2 is 1.81 bits per heavy atom. The van der Waals surface area contributed by atoms with Gasteiger partial charge >= 0.3 is 0 Å². The first-order chi connectivity index (χ1) is 18.1. The molecule has 0 spiro atoms. The van der Waals surface area contributed by atoms with Crippen LogP contribution in [0.1, 0.15) is 30.9 Å². The Morgan fingerprint density at radius 3 is 2.57 bits per heavy atom. The van der Waals surface area contributed by atoms with Crippen LogP contribution in [0.5, 0.6) is 0 Å². The maximum Gasteiger partial charge on any atom is 0.267 e. The van der Waals surface area contributed by atoms with Gasteiger partial charge in [0.05, 0.1) is 17.8 Å². The van der Waals surface area contributed by atoms with E-state index in [4.69, 9.17) is 10.4 Å². The lowest BCUT2D eigenvalue weighted by Crippen LogP contribution is -2.59. The van der Waals surface area contributed by atoms with Crippen LogP contribution in [0.3, 0.4) is 0 Å². The highest BCUT2D eigenvalue weighted by Gasteiger charge is 2.34. The number of nitrogens with zero attached hydrogens (tertiary/aromatic N) is 4. The monoisotopic (exact) mass is 491 g/mol. The molecule has 1 aliphatic heterocycles. The van der Waals surface area contributed by atoms with E-state index in [-0.39, 0.29) is 23.1 Å².